The number of rotatable bonds is 8. The molecule has 0 aromatic heterocycles. The van der Waals surface area contributed by atoms with Crippen molar-refractivity contribution in [2.45, 2.75) is 34.6 Å². The summed E-state index contributed by atoms with van der Waals surface area (Å²) in [4.78, 5) is 0. The van der Waals surface area contributed by atoms with E-state index in [1.165, 1.54) is 54.8 Å². The van der Waals surface area contributed by atoms with E-state index in [4.69, 9.17) is 0 Å². The molecule has 2 nitrogen and oxygen atoms in total. The molecule has 0 saturated carbocycles. The van der Waals surface area contributed by atoms with Gasteiger partial charge in [-0.25, -0.2) is 0 Å². The highest BCUT2D eigenvalue weighted by molar-refractivity contribution is 4.40. The first-order chi connectivity index (χ1) is 7.01. The predicted molar refractivity (Wildman–Crippen MR) is 68.9 cm³/mol. The molecule has 15 heavy (non-hydrogen) atoms. The molecular weight excluding hydrogens is 184 g/mol. The van der Waals surface area contributed by atoms with Crippen LogP contribution in [0.3, 0.4) is 0 Å². The van der Waals surface area contributed by atoms with Crippen LogP contribution in [0.15, 0.2) is 0 Å². The summed E-state index contributed by atoms with van der Waals surface area (Å²) in [5, 5.41) is 0. The van der Waals surface area contributed by atoms with Gasteiger partial charge in [-0.1, -0.05) is 0 Å². The van der Waals surface area contributed by atoms with Crippen LogP contribution in [0.1, 0.15) is 34.6 Å². The molecule has 0 aliphatic rings. The van der Waals surface area contributed by atoms with Gasteiger partial charge < -0.3 is 8.97 Å². The van der Waals surface area contributed by atoms with Crippen LogP contribution in [0.2, 0.25) is 0 Å². The maximum absolute atomic E-state index is 2.38. The lowest BCUT2D eigenvalue weighted by atomic mass is 10.3. The van der Waals surface area contributed by atoms with Crippen LogP contribution in [0.4, 0.5) is 0 Å². The highest BCUT2D eigenvalue weighted by Gasteiger charge is 2.26. The summed E-state index contributed by atoms with van der Waals surface area (Å²) in [6, 6.07) is 0. The van der Waals surface area contributed by atoms with Crippen molar-refractivity contribution in [3.8, 4) is 0 Å². The Balaban J connectivity index is 4.32. The van der Waals surface area contributed by atoms with E-state index in [0.717, 1.165) is 0 Å². The SMILES string of the molecule is CC[N+](C)(CC)CC[N+](CC)(CC)CC. The Kier molecular flexibility index (Phi) is 6.46. The minimum absolute atomic E-state index is 1.22. The molecule has 0 atom stereocenters. The quantitative estimate of drug-likeness (QED) is 0.546. The second-order valence-corrected chi connectivity index (χ2v) is 4.99. The molecule has 0 N–H and O–H groups in total. The van der Waals surface area contributed by atoms with Crippen molar-refractivity contribution in [3.63, 3.8) is 0 Å². The molecule has 0 unspecified atom stereocenters. The van der Waals surface area contributed by atoms with Crippen molar-refractivity contribution in [1.82, 2.24) is 0 Å². The second kappa shape index (κ2) is 6.49. The lowest BCUT2D eigenvalue weighted by Crippen LogP contribution is -2.55. The molecule has 0 bridgehead atoms. The number of hydrogen-bond acceptors (Lipinski definition) is 0. The molecule has 0 spiro atoms. The summed E-state index contributed by atoms with van der Waals surface area (Å²) < 4.78 is 2.51. The predicted octanol–water partition coefficient (Wildman–Crippen LogP) is 2.35. The van der Waals surface area contributed by atoms with E-state index in [1.54, 1.807) is 0 Å². The lowest BCUT2D eigenvalue weighted by Gasteiger charge is -2.40. The number of likely N-dealkylation sites (N-methyl/N-ethyl adjacent to an activating group) is 2. The lowest BCUT2D eigenvalue weighted by molar-refractivity contribution is -0.969. The van der Waals surface area contributed by atoms with Crippen LogP contribution >= 0.6 is 0 Å². The van der Waals surface area contributed by atoms with Crippen molar-refractivity contribution >= 4 is 0 Å². The highest BCUT2D eigenvalue weighted by atomic mass is 15.4. The van der Waals surface area contributed by atoms with Crippen molar-refractivity contribution < 1.29 is 8.97 Å². The third-order valence-corrected chi connectivity index (χ3v) is 4.65. The third-order valence-electron chi connectivity index (χ3n) is 4.65. The molecule has 0 radical (unpaired) electrons. The van der Waals surface area contributed by atoms with Crippen LogP contribution in [-0.4, -0.2) is 61.8 Å². The van der Waals surface area contributed by atoms with Gasteiger partial charge in [-0.2, -0.15) is 0 Å². The Hall–Kier alpha value is -0.0800. The molecule has 0 aliphatic heterocycles. The van der Waals surface area contributed by atoms with Gasteiger partial charge in [-0.3, -0.25) is 0 Å². The van der Waals surface area contributed by atoms with Gasteiger partial charge in [0.2, 0.25) is 0 Å². The van der Waals surface area contributed by atoms with Gasteiger partial charge >= 0.3 is 0 Å². The Bertz CT molecular complexity index is 150. The monoisotopic (exact) mass is 216 g/mol. The number of hydrogen-bond donors (Lipinski definition) is 0. The standard InChI is InChI=1S/C13H32N2/c1-7-14(6,8-2)12-13-15(9-3,10-4)11-5/h7-13H2,1-6H3/q+2. The van der Waals surface area contributed by atoms with E-state index in [-0.39, 0.29) is 0 Å². The molecule has 0 heterocycles. The first kappa shape index (κ1) is 14.9. The zero-order valence-electron chi connectivity index (χ0n) is 11.8. The molecule has 0 aromatic carbocycles. The van der Waals surface area contributed by atoms with Gasteiger partial charge in [0.15, 0.2) is 0 Å². The first-order valence-electron chi connectivity index (χ1n) is 6.70. The Morgan fingerprint density at radius 2 is 1.00 bits per heavy atom. The second-order valence-electron chi connectivity index (χ2n) is 4.99. The van der Waals surface area contributed by atoms with Crippen molar-refractivity contribution in [2.24, 2.45) is 0 Å². The van der Waals surface area contributed by atoms with Crippen molar-refractivity contribution in [2.75, 3.05) is 52.9 Å². The summed E-state index contributed by atoms with van der Waals surface area (Å²) in [5.41, 5.74) is 0. The van der Waals surface area contributed by atoms with E-state index in [9.17, 15) is 0 Å². The first-order valence-corrected chi connectivity index (χ1v) is 6.70. The molecule has 2 heteroatoms. The van der Waals surface area contributed by atoms with Crippen LogP contribution in [0.5, 0.6) is 0 Å². The molecule has 0 aliphatic carbocycles. The maximum atomic E-state index is 2.38. The topological polar surface area (TPSA) is 0 Å². The maximum Gasteiger partial charge on any atom is 0.128 e. The molecule has 0 aromatic rings. The molecule has 0 fully saturated rings. The van der Waals surface area contributed by atoms with Crippen LogP contribution in [-0.2, 0) is 0 Å². The van der Waals surface area contributed by atoms with E-state index >= 15 is 0 Å². The Labute approximate surface area is 97.1 Å². The fourth-order valence-corrected chi connectivity index (χ4v) is 2.14. The van der Waals surface area contributed by atoms with Gasteiger partial charge in [0.1, 0.15) is 13.1 Å². The van der Waals surface area contributed by atoms with Crippen LogP contribution < -0.4 is 0 Å². The van der Waals surface area contributed by atoms with Gasteiger partial charge in [0.05, 0.1) is 39.8 Å². The summed E-state index contributed by atoms with van der Waals surface area (Å²) in [5.74, 6) is 0. The fourth-order valence-electron chi connectivity index (χ4n) is 2.14. The molecule has 0 saturated heterocycles. The summed E-state index contributed by atoms with van der Waals surface area (Å²) in [7, 11) is 2.38. The van der Waals surface area contributed by atoms with Gasteiger partial charge in [-0.05, 0) is 34.6 Å². The zero-order chi connectivity index (χ0) is 11.9. The van der Waals surface area contributed by atoms with Crippen molar-refractivity contribution in [3.05, 3.63) is 0 Å². The smallest absolute Gasteiger partial charge is 0.128 e. The molecule has 0 amide bonds. The highest BCUT2D eigenvalue weighted by Crippen LogP contribution is 2.09. The normalized spacial score (nSPS) is 13.2. The van der Waals surface area contributed by atoms with Gasteiger partial charge in [0.25, 0.3) is 0 Å². The van der Waals surface area contributed by atoms with E-state index in [0.29, 0.717) is 0 Å². The third kappa shape index (κ3) is 4.12. The average Bonchev–Trinajstić information content (AvgIpc) is 2.31. The Morgan fingerprint density at radius 3 is 1.27 bits per heavy atom. The number of nitrogens with zero attached hydrogens (tertiary/aromatic N) is 2. The van der Waals surface area contributed by atoms with Crippen molar-refractivity contribution in [1.29, 1.82) is 0 Å². The molecule has 0 rings (SSSR count). The van der Waals surface area contributed by atoms with Gasteiger partial charge in [0, 0.05) is 0 Å². The van der Waals surface area contributed by atoms with Crippen LogP contribution in [0, 0.1) is 0 Å². The summed E-state index contributed by atoms with van der Waals surface area (Å²) >= 11 is 0. The summed E-state index contributed by atoms with van der Waals surface area (Å²) in [6.45, 7) is 20.6. The van der Waals surface area contributed by atoms with Gasteiger partial charge in [-0.15, -0.1) is 0 Å². The van der Waals surface area contributed by atoms with Crippen LogP contribution in [0.25, 0.3) is 0 Å². The molecular formula is C13H32N2+2. The minimum Gasteiger partial charge on any atom is -0.322 e. The average molecular weight is 216 g/mol. The Morgan fingerprint density at radius 1 is 0.600 bits per heavy atom. The largest absolute Gasteiger partial charge is 0.322 e. The van der Waals surface area contributed by atoms with E-state index < -0.39 is 0 Å². The fraction of sp³-hybridized carbons (Fsp3) is 1.00. The summed E-state index contributed by atoms with van der Waals surface area (Å²) in [6.07, 6.45) is 0. The molecule has 92 valence electrons. The van der Waals surface area contributed by atoms with E-state index in [1.807, 2.05) is 0 Å². The number of quaternary nitrogens is 2. The zero-order valence-corrected chi connectivity index (χ0v) is 11.8. The minimum atomic E-state index is 1.22. The van der Waals surface area contributed by atoms with E-state index in [2.05, 4.69) is 41.7 Å².